The summed E-state index contributed by atoms with van der Waals surface area (Å²) in [6.07, 6.45) is 4.80. The van der Waals surface area contributed by atoms with Gasteiger partial charge in [-0.25, -0.2) is 0 Å². The summed E-state index contributed by atoms with van der Waals surface area (Å²) in [6, 6.07) is 6.15. The number of nitrogens with one attached hydrogen (secondary N) is 1. The Morgan fingerprint density at radius 1 is 1.56 bits per heavy atom. The summed E-state index contributed by atoms with van der Waals surface area (Å²) in [5.74, 6) is 0.877. The molecular formula is C14H17BrINO. The molecule has 1 aliphatic rings. The second-order valence-corrected chi connectivity index (χ2v) is 6.98. The summed E-state index contributed by atoms with van der Waals surface area (Å²) in [6.45, 7) is 2.14. The molecule has 0 saturated heterocycles. The maximum absolute atomic E-state index is 12.2. The summed E-state index contributed by atoms with van der Waals surface area (Å²) in [4.78, 5) is 12.2. The highest BCUT2D eigenvalue weighted by Gasteiger charge is 2.26. The lowest BCUT2D eigenvalue weighted by molar-refractivity contribution is 0.0932. The third kappa shape index (κ3) is 3.95. The van der Waals surface area contributed by atoms with Crippen molar-refractivity contribution in [1.82, 2.24) is 5.32 Å². The largest absolute Gasteiger partial charge is 0.349 e. The lowest BCUT2D eigenvalue weighted by atomic mass is 10.1. The molecule has 0 aliphatic heterocycles. The first-order valence-electron chi connectivity index (χ1n) is 6.36. The van der Waals surface area contributed by atoms with Crippen LogP contribution in [0.25, 0.3) is 0 Å². The summed E-state index contributed by atoms with van der Waals surface area (Å²) >= 11 is 5.67. The molecule has 1 aromatic rings. The molecule has 1 aromatic carbocycles. The third-order valence-electron chi connectivity index (χ3n) is 3.32. The van der Waals surface area contributed by atoms with E-state index in [1.54, 1.807) is 0 Å². The van der Waals surface area contributed by atoms with Crippen molar-refractivity contribution < 1.29 is 4.79 Å². The molecule has 1 unspecified atom stereocenters. The fourth-order valence-electron chi connectivity index (χ4n) is 2.02. The Morgan fingerprint density at radius 3 is 2.89 bits per heavy atom. The summed E-state index contributed by atoms with van der Waals surface area (Å²) < 4.78 is 1.94. The smallest absolute Gasteiger partial charge is 0.252 e. The van der Waals surface area contributed by atoms with Gasteiger partial charge >= 0.3 is 0 Å². The first-order chi connectivity index (χ1) is 8.60. The normalized spacial score (nSPS) is 16.4. The minimum absolute atomic E-state index is 0.0351. The fourth-order valence-corrected chi connectivity index (χ4v) is 2.94. The van der Waals surface area contributed by atoms with E-state index in [-0.39, 0.29) is 5.91 Å². The SMILES string of the molecule is CCC(CC1CC1)NC(=O)c1cc(I)ccc1Br. The van der Waals surface area contributed by atoms with Crippen LogP contribution in [0.5, 0.6) is 0 Å². The standard InChI is InChI=1S/C14H17BrINO/c1-2-11(7-9-3-4-9)17-14(18)12-8-10(16)5-6-13(12)15/h5-6,8-9,11H,2-4,7H2,1H3,(H,17,18). The predicted molar refractivity (Wildman–Crippen MR) is 85.7 cm³/mol. The number of hydrogen-bond acceptors (Lipinski definition) is 1. The highest BCUT2D eigenvalue weighted by atomic mass is 127. The first-order valence-corrected chi connectivity index (χ1v) is 8.23. The molecule has 1 N–H and O–H groups in total. The van der Waals surface area contributed by atoms with Gasteiger partial charge in [0, 0.05) is 14.1 Å². The molecule has 18 heavy (non-hydrogen) atoms. The van der Waals surface area contributed by atoms with Crippen LogP contribution in [0.1, 0.15) is 43.0 Å². The van der Waals surface area contributed by atoms with E-state index in [2.05, 4.69) is 50.8 Å². The number of hydrogen-bond donors (Lipinski definition) is 1. The van der Waals surface area contributed by atoms with E-state index in [1.807, 2.05) is 18.2 Å². The van der Waals surface area contributed by atoms with Crippen LogP contribution >= 0.6 is 38.5 Å². The second kappa shape index (κ2) is 6.37. The zero-order valence-electron chi connectivity index (χ0n) is 10.4. The topological polar surface area (TPSA) is 29.1 Å². The molecule has 1 fully saturated rings. The van der Waals surface area contributed by atoms with E-state index in [0.717, 1.165) is 32.4 Å². The van der Waals surface area contributed by atoms with Crippen LogP contribution < -0.4 is 5.32 Å². The zero-order chi connectivity index (χ0) is 13.1. The maximum atomic E-state index is 12.2. The highest BCUT2D eigenvalue weighted by Crippen LogP contribution is 2.34. The molecular weight excluding hydrogens is 405 g/mol. The Morgan fingerprint density at radius 2 is 2.28 bits per heavy atom. The van der Waals surface area contributed by atoms with Gasteiger partial charge in [-0.2, -0.15) is 0 Å². The van der Waals surface area contributed by atoms with Crippen LogP contribution in [-0.4, -0.2) is 11.9 Å². The van der Waals surface area contributed by atoms with Gasteiger partial charge in [0.1, 0.15) is 0 Å². The Bertz CT molecular complexity index is 445. The van der Waals surface area contributed by atoms with E-state index in [9.17, 15) is 4.79 Å². The fraction of sp³-hybridized carbons (Fsp3) is 0.500. The Hall–Kier alpha value is -0.100. The van der Waals surface area contributed by atoms with Crippen molar-refractivity contribution in [2.45, 2.75) is 38.6 Å². The van der Waals surface area contributed by atoms with Crippen molar-refractivity contribution in [2.75, 3.05) is 0 Å². The number of carbonyl (C=O) groups is 1. The van der Waals surface area contributed by atoms with E-state index in [1.165, 1.54) is 12.8 Å². The third-order valence-corrected chi connectivity index (χ3v) is 4.68. The van der Waals surface area contributed by atoms with Crippen LogP contribution in [0.15, 0.2) is 22.7 Å². The van der Waals surface area contributed by atoms with Crippen LogP contribution in [0, 0.1) is 9.49 Å². The number of benzene rings is 1. The van der Waals surface area contributed by atoms with Crippen molar-refractivity contribution >= 4 is 44.4 Å². The summed E-state index contributed by atoms with van der Waals surface area (Å²) in [7, 11) is 0. The molecule has 0 bridgehead atoms. The van der Waals surface area contributed by atoms with Gasteiger partial charge in [-0.05, 0) is 75.5 Å². The minimum atomic E-state index is 0.0351. The van der Waals surface area contributed by atoms with Crippen molar-refractivity contribution in [3.63, 3.8) is 0 Å². The monoisotopic (exact) mass is 421 g/mol. The number of amides is 1. The Labute approximate surface area is 130 Å². The van der Waals surface area contributed by atoms with Crippen LogP contribution in [-0.2, 0) is 0 Å². The van der Waals surface area contributed by atoms with E-state index >= 15 is 0 Å². The van der Waals surface area contributed by atoms with Gasteiger partial charge in [0.15, 0.2) is 0 Å². The number of carbonyl (C=O) groups excluding carboxylic acids is 1. The van der Waals surface area contributed by atoms with E-state index in [4.69, 9.17) is 0 Å². The molecule has 1 saturated carbocycles. The van der Waals surface area contributed by atoms with Crippen LogP contribution in [0.3, 0.4) is 0 Å². The molecule has 0 spiro atoms. The highest BCUT2D eigenvalue weighted by molar-refractivity contribution is 14.1. The van der Waals surface area contributed by atoms with Gasteiger partial charge in [-0.3, -0.25) is 4.79 Å². The number of rotatable bonds is 5. The van der Waals surface area contributed by atoms with Crippen molar-refractivity contribution in [1.29, 1.82) is 0 Å². The lowest BCUT2D eigenvalue weighted by Gasteiger charge is -2.17. The van der Waals surface area contributed by atoms with Crippen molar-refractivity contribution in [3.05, 3.63) is 31.8 Å². The lowest BCUT2D eigenvalue weighted by Crippen LogP contribution is -2.35. The molecule has 1 aliphatic carbocycles. The summed E-state index contributed by atoms with van der Waals surface area (Å²) in [5, 5.41) is 3.15. The predicted octanol–water partition coefficient (Wildman–Crippen LogP) is 4.36. The van der Waals surface area contributed by atoms with Gasteiger partial charge < -0.3 is 5.32 Å². The van der Waals surface area contributed by atoms with Crippen LogP contribution in [0.2, 0.25) is 0 Å². The molecule has 2 nitrogen and oxygen atoms in total. The van der Waals surface area contributed by atoms with Gasteiger partial charge in [-0.1, -0.05) is 19.8 Å². The average molecular weight is 422 g/mol. The average Bonchev–Trinajstić information content (AvgIpc) is 3.15. The molecule has 2 rings (SSSR count). The van der Waals surface area contributed by atoms with Crippen molar-refractivity contribution in [3.8, 4) is 0 Å². The molecule has 98 valence electrons. The van der Waals surface area contributed by atoms with Gasteiger partial charge in [-0.15, -0.1) is 0 Å². The van der Waals surface area contributed by atoms with Crippen molar-refractivity contribution in [2.24, 2.45) is 5.92 Å². The Balaban J connectivity index is 2.02. The maximum Gasteiger partial charge on any atom is 0.252 e. The van der Waals surface area contributed by atoms with Gasteiger partial charge in [0.25, 0.3) is 5.91 Å². The quantitative estimate of drug-likeness (QED) is 0.703. The molecule has 0 radical (unpaired) electrons. The van der Waals surface area contributed by atoms with E-state index in [0.29, 0.717) is 6.04 Å². The molecule has 1 atom stereocenters. The van der Waals surface area contributed by atoms with Gasteiger partial charge in [0.05, 0.1) is 5.56 Å². The number of halogens is 2. The minimum Gasteiger partial charge on any atom is -0.349 e. The van der Waals surface area contributed by atoms with E-state index < -0.39 is 0 Å². The second-order valence-electron chi connectivity index (χ2n) is 4.88. The molecule has 0 heterocycles. The molecule has 1 amide bonds. The summed E-state index contributed by atoms with van der Waals surface area (Å²) in [5.41, 5.74) is 0.733. The van der Waals surface area contributed by atoms with Gasteiger partial charge in [0.2, 0.25) is 0 Å². The van der Waals surface area contributed by atoms with Crippen LogP contribution in [0.4, 0.5) is 0 Å². The zero-order valence-corrected chi connectivity index (χ0v) is 14.1. The molecule has 4 heteroatoms. The first kappa shape index (κ1) is 14.3. The molecule has 0 aromatic heterocycles. The Kier molecular flexibility index (Phi) is 5.06.